The van der Waals surface area contributed by atoms with Gasteiger partial charge in [0.2, 0.25) is 0 Å². The normalized spacial score (nSPS) is 11.9. The number of fused-ring (bicyclic) bond motifs is 1. The number of carbonyl (C=O) groups excluding carboxylic acids is 1. The van der Waals surface area contributed by atoms with E-state index < -0.39 is 11.7 Å². The first kappa shape index (κ1) is 22.2. The highest BCUT2D eigenvalue weighted by Gasteiger charge is 2.18. The predicted molar refractivity (Wildman–Crippen MR) is 120 cm³/mol. The maximum Gasteiger partial charge on any atom is 0.252 e. The second-order valence-electron chi connectivity index (χ2n) is 7.16. The molecular formula is C22H27FN6O2. The van der Waals surface area contributed by atoms with Gasteiger partial charge in [0, 0.05) is 30.9 Å². The lowest BCUT2D eigenvalue weighted by molar-refractivity contribution is 0.100. The Balaban J connectivity index is 2.07. The lowest BCUT2D eigenvalue weighted by Crippen LogP contribution is -2.29. The minimum Gasteiger partial charge on any atom is -0.497 e. The van der Waals surface area contributed by atoms with Crippen LogP contribution in [0, 0.1) is 5.82 Å². The van der Waals surface area contributed by atoms with Crippen LogP contribution in [0.3, 0.4) is 0 Å². The summed E-state index contributed by atoms with van der Waals surface area (Å²) in [6.07, 6.45) is 5.72. The maximum atomic E-state index is 15.6. The quantitative estimate of drug-likeness (QED) is 0.390. The van der Waals surface area contributed by atoms with Crippen molar-refractivity contribution in [3.05, 3.63) is 48.0 Å². The van der Waals surface area contributed by atoms with Crippen LogP contribution < -0.4 is 26.8 Å². The van der Waals surface area contributed by atoms with E-state index in [0.29, 0.717) is 23.5 Å². The van der Waals surface area contributed by atoms with Gasteiger partial charge < -0.3 is 26.8 Å². The molecule has 8 nitrogen and oxygen atoms in total. The number of nitrogens with one attached hydrogen (secondary N) is 2. The average Bonchev–Trinajstić information content (AvgIpc) is 2.78. The number of rotatable bonds is 10. The summed E-state index contributed by atoms with van der Waals surface area (Å²) in [5.41, 5.74) is 12.5. The zero-order chi connectivity index (χ0) is 22.4. The molecule has 1 amide bonds. The SMILES string of the molecule is CCCC[C@H](CN)Nc1cc(OC)cc2ncc(Nc3ncccc3C(N)=O)c(F)c12. The molecule has 0 spiro atoms. The number of hydrogen-bond donors (Lipinski definition) is 4. The van der Waals surface area contributed by atoms with Crippen LogP contribution in [0.25, 0.3) is 10.9 Å². The van der Waals surface area contributed by atoms with Gasteiger partial charge in [-0.15, -0.1) is 0 Å². The molecule has 9 heteroatoms. The monoisotopic (exact) mass is 426 g/mol. The summed E-state index contributed by atoms with van der Waals surface area (Å²) >= 11 is 0. The highest BCUT2D eigenvalue weighted by molar-refractivity contribution is 5.99. The molecule has 0 aliphatic rings. The molecule has 0 saturated carbocycles. The number of benzene rings is 1. The number of hydrogen-bond acceptors (Lipinski definition) is 7. The number of halogens is 1. The summed E-state index contributed by atoms with van der Waals surface area (Å²) in [4.78, 5) is 20.2. The van der Waals surface area contributed by atoms with Gasteiger partial charge in [0.15, 0.2) is 5.82 Å². The molecule has 3 rings (SSSR count). The molecule has 1 atom stereocenters. The van der Waals surface area contributed by atoms with Crippen LogP contribution in [0.4, 0.5) is 21.6 Å². The van der Waals surface area contributed by atoms with Crippen molar-refractivity contribution in [2.45, 2.75) is 32.2 Å². The fourth-order valence-corrected chi connectivity index (χ4v) is 3.33. The zero-order valence-electron chi connectivity index (χ0n) is 17.6. The molecular weight excluding hydrogens is 399 g/mol. The van der Waals surface area contributed by atoms with E-state index >= 15 is 4.39 Å². The Morgan fingerprint density at radius 1 is 1.29 bits per heavy atom. The van der Waals surface area contributed by atoms with E-state index in [1.165, 1.54) is 18.5 Å². The van der Waals surface area contributed by atoms with Crippen molar-refractivity contribution in [3.8, 4) is 5.75 Å². The minimum atomic E-state index is -0.668. The third-order valence-electron chi connectivity index (χ3n) is 4.99. The molecule has 0 saturated heterocycles. The van der Waals surface area contributed by atoms with Gasteiger partial charge in [-0.1, -0.05) is 19.8 Å². The van der Waals surface area contributed by atoms with Gasteiger partial charge in [-0.25, -0.2) is 9.37 Å². The summed E-state index contributed by atoms with van der Waals surface area (Å²) in [6.45, 7) is 2.51. The van der Waals surface area contributed by atoms with Crippen molar-refractivity contribution in [1.29, 1.82) is 0 Å². The number of anilines is 3. The highest BCUT2D eigenvalue weighted by Crippen LogP contribution is 2.34. The standard InChI is InChI=1S/C22H27FN6O2/c1-3-4-6-13(11-24)28-17-10-14(31-2)9-16-19(17)20(23)18(12-27-16)29-22-15(21(25)30)7-5-8-26-22/h5,7-10,12-13,28H,3-4,6,11,24H2,1-2H3,(H2,25,30)(H,26,29)/t13-/m1/s1. The summed E-state index contributed by atoms with van der Waals surface area (Å²) in [5, 5.41) is 6.47. The van der Waals surface area contributed by atoms with Gasteiger partial charge in [-0.3, -0.25) is 9.78 Å². The predicted octanol–water partition coefficient (Wildman–Crippen LogP) is 3.55. The first-order valence-corrected chi connectivity index (χ1v) is 10.1. The second kappa shape index (κ2) is 10.0. The molecule has 0 bridgehead atoms. The average molecular weight is 426 g/mol. The molecule has 0 fully saturated rings. The molecule has 2 heterocycles. The first-order valence-electron chi connectivity index (χ1n) is 10.1. The third-order valence-corrected chi connectivity index (χ3v) is 4.99. The summed E-state index contributed by atoms with van der Waals surface area (Å²) in [5.74, 6) is -0.503. The van der Waals surface area contributed by atoms with Gasteiger partial charge >= 0.3 is 0 Å². The number of nitrogens with two attached hydrogens (primary N) is 2. The van der Waals surface area contributed by atoms with E-state index in [1.54, 1.807) is 25.3 Å². The maximum absolute atomic E-state index is 15.6. The Morgan fingerprint density at radius 2 is 2.10 bits per heavy atom. The van der Waals surface area contributed by atoms with Crippen molar-refractivity contribution in [2.24, 2.45) is 11.5 Å². The van der Waals surface area contributed by atoms with Crippen molar-refractivity contribution >= 4 is 34.0 Å². The Kier molecular flexibility index (Phi) is 7.19. The number of carbonyl (C=O) groups is 1. The Labute approximate surface area is 180 Å². The number of pyridine rings is 2. The molecule has 0 aliphatic heterocycles. The van der Waals surface area contributed by atoms with Crippen molar-refractivity contribution < 1.29 is 13.9 Å². The topological polar surface area (TPSA) is 128 Å². The number of primary amides is 1. The molecule has 164 valence electrons. The number of nitrogens with zero attached hydrogens (tertiary/aromatic N) is 2. The van der Waals surface area contributed by atoms with E-state index in [4.69, 9.17) is 16.2 Å². The van der Waals surface area contributed by atoms with Crippen LogP contribution in [0.2, 0.25) is 0 Å². The van der Waals surface area contributed by atoms with Crippen LogP contribution in [0.1, 0.15) is 36.5 Å². The van der Waals surface area contributed by atoms with E-state index in [0.717, 1.165) is 19.3 Å². The van der Waals surface area contributed by atoms with Gasteiger partial charge in [0.05, 0.1) is 41.1 Å². The fraction of sp³-hybridized carbons (Fsp3) is 0.318. The Bertz CT molecular complexity index is 1080. The first-order chi connectivity index (χ1) is 15.0. The summed E-state index contributed by atoms with van der Waals surface area (Å²) in [7, 11) is 1.54. The summed E-state index contributed by atoms with van der Waals surface area (Å²) < 4.78 is 21.0. The lowest BCUT2D eigenvalue weighted by Gasteiger charge is -2.21. The molecule has 0 unspecified atom stereocenters. The van der Waals surface area contributed by atoms with Crippen molar-refractivity contribution in [1.82, 2.24) is 9.97 Å². The number of methoxy groups -OCH3 is 1. The van der Waals surface area contributed by atoms with Crippen LogP contribution in [-0.2, 0) is 0 Å². The third kappa shape index (κ3) is 5.00. The lowest BCUT2D eigenvalue weighted by atomic mass is 10.1. The number of ether oxygens (including phenoxy) is 1. The molecule has 0 radical (unpaired) electrons. The highest BCUT2D eigenvalue weighted by atomic mass is 19.1. The smallest absolute Gasteiger partial charge is 0.252 e. The van der Waals surface area contributed by atoms with Gasteiger partial charge in [-0.2, -0.15) is 0 Å². The minimum absolute atomic E-state index is 0.0245. The van der Waals surface area contributed by atoms with E-state index in [-0.39, 0.29) is 28.5 Å². The Hall–Kier alpha value is -3.46. The molecule has 1 aromatic carbocycles. The van der Waals surface area contributed by atoms with E-state index in [2.05, 4.69) is 27.5 Å². The van der Waals surface area contributed by atoms with E-state index in [1.807, 2.05) is 0 Å². The molecule has 31 heavy (non-hydrogen) atoms. The second-order valence-corrected chi connectivity index (χ2v) is 7.16. The van der Waals surface area contributed by atoms with Crippen LogP contribution >= 0.6 is 0 Å². The van der Waals surface area contributed by atoms with Crippen LogP contribution in [0.5, 0.6) is 5.75 Å². The molecule has 0 aliphatic carbocycles. The number of aromatic nitrogens is 2. The van der Waals surface area contributed by atoms with Gasteiger partial charge in [-0.05, 0) is 18.6 Å². The van der Waals surface area contributed by atoms with Crippen LogP contribution in [-0.4, -0.2) is 35.6 Å². The van der Waals surface area contributed by atoms with E-state index in [9.17, 15) is 4.79 Å². The van der Waals surface area contributed by atoms with Crippen molar-refractivity contribution in [3.63, 3.8) is 0 Å². The van der Waals surface area contributed by atoms with Gasteiger partial charge in [0.1, 0.15) is 11.6 Å². The molecule has 6 N–H and O–H groups in total. The van der Waals surface area contributed by atoms with Crippen LogP contribution in [0.15, 0.2) is 36.7 Å². The molecule has 3 aromatic rings. The number of amides is 1. The largest absolute Gasteiger partial charge is 0.497 e. The fourth-order valence-electron chi connectivity index (χ4n) is 3.33. The zero-order valence-corrected chi connectivity index (χ0v) is 17.6. The summed E-state index contributed by atoms with van der Waals surface area (Å²) in [6, 6.07) is 6.45. The Morgan fingerprint density at radius 3 is 2.77 bits per heavy atom. The van der Waals surface area contributed by atoms with Crippen molar-refractivity contribution in [2.75, 3.05) is 24.3 Å². The van der Waals surface area contributed by atoms with Gasteiger partial charge in [0.25, 0.3) is 5.91 Å². The molecule has 2 aromatic heterocycles. The number of unbranched alkanes of at least 4 members (excludes halogenated alkanes) is 1.